The van der Waals surface area contributed by atoms with Crippen LogP contribution < -0.4 is 11.1 Å². The van der Waals surface area contributed by atoms with Gasteiger partial charge in [-0.25, -0.2) is 0 Å². The number of halogens is 4. The lowest BCUT2D eigenvalue weighted by Crippen LogP contribution is -1.97. The molecule has 6 heteroatoms. The minimum absolute atomic E-state index is 0.462. The third kappa shape index (κ3) is 3.04. The zero-order valence-electron chi connectivity index (χ0n) is 8.98. The normalized spacial score (nSPS) is 10.4. The Hall–Kier alpha value is -0.170. The van der Waals surface area contributed by atoms with Crippen molar-refractivity contribution in [1.82, 2.24) is 0 Å². The molecule has 2 nitrogen and oxygen atoms in total. The molecule has 0 fully saturated rings. The summed E-state index contributed by atoms with van der Waals surface area (Å²) in [6, 6.07) is 9.43. The fraction of sp³-hybridized carbons (Fsp3) is 0. The van der Waals surface area contributed by atoms with Crippen molar-refractivity contribution in [1.29, 1.82) is 0 Å². The minimum atomic E-state index is 0.462. The molecular weight excluding hydrogens is 450 g/mol. The number of nitrogens with two attached hydrogens (primary N) is 1. The maximum absolute atomic E-state index is 6.17. The molecule has 0 aliphatic heterocycles. The van der Waals surface area contributed by atoms with Gasteiger partial charge in [-0.1, -0.05) is 23.2 Å². The Morgan fingerprint density at radius 3 is 2.39 bits per heavy atom. The Morgan fingerprint density at radius 1 is 1.06 bits per heavy atom. The summed E-state index contributed by atoms with van der Waals surface area (Å²) in [5, 5.41) is 4.11. The molecule has 0 amide bonds. The first-order chi connectivity index (χ1) is 8.49. The van der Waals surface area contributed by atoms with Gasteiger partial charge in [0.05, 0.1) is 27.1 Å². The van der Waals surface area contributed by atoms with E-state index in [1.807, 2.05) is 30.3 Å². The number of hydrogen-bond donors (Lipinski definition) is 2. The van der Waals surface area contributed by atoms with Crippen LogP contribution in [0.4, 0.5) is 17.1 Å². The molecule has 0 radical (unpaired) electrons. The van der Waals surface area contributed by atoms with Gasteiger partial charge in [0, 0.05) is 8.04 Å². The molecule has 2 rings (SSSR count). The summed E-state index contributed by atoms with van der Waals surface area (Å²) in [5.41, 5.74) is 8.12. The van der Waals surface area contributed by atoms with E-state index in [1.165, 1.54) is 0 Å². The zero-order valence-corrected chi connectivity index (χ0v) is 14.2. The molecule has 0 bridgehead atoms. The Morgan fingerprint density at radius 2 is 1.72 bits per heavy atom. The third-order valence-electron chi connectivity index (χ3n) is 2.32. The molecule has 0 spiro atoms. The average molecular weight is 458 g/mol. The quantitative estimate of drug-likeness (QED) is 0.345. The first-order valence-electron chi connectivity index (χ1n) is 4.94. The van der Waals surface area contributed by atoms with Crippen LogP contribution in [0, 0.1) is 3.57 Å². The van der Waals surface area contributed by atoms with E-state index in [9.17, 15) is 0 Å². The van der Waals surface area contributed by atoms with Crippen LogP contribution in [0.15, 0.2) is 34.8 Å². The van der Waals surface area contributed by atoms with Crippen molar-refractivity contribution in [3.05, 3.63) is 48.4 Å². The number of rotatable bonds is 2. The number of nitrogens with one attached hydrogen (secondary N) is 1. The van der Waals surface area contributed by atoms with Gasteiger partial charge in [0.2, 0.25) is 0 Å². The molecule has 18 heavy (non-hydrogen) atoms. The summed E-state index contributed by atoms with van der Waals surface area (Å²) in [6.45, 7) is 0. The van der Waals surface area contributed by atoms with E-state index >= 15 is 0 Å². The van der Waals surface area contributed by atoms with Crippen LogP contribution in [0.2, 0.25) is 10.0 Å². The van der Waals surface area contributed by atoms with Crippen LogP contribution in [-0.2, 0) is 0 Å². The molecule has 0 unspecified atom stereocenters. The maximum atomic E-state index is 6.17. The number of benzene rings is 2. The highest BCUT2D eigenvalue weighted by Crippen LogP contribution is 2.38. The van der Waals surface area contributed by atoms with E-state index in [4.69, 9.17) is 28.9 Å². The molecule has 0 atom stereocenters. The van der Waals surface area contributed by atoms with Crippen LogP contribution in [-0.4, -0.2) is 0 Å². The van der Waals surface area contributed by atoms with Crippen molar-refractivity contribution in [3.63, 3.8) is 0 Å². The molecule has 0 saturated heterocycles. The van der Waals surface area contributed by atoms with Crippen LogP contribution >= 0.6 is 61.7 Å². The molecule has 0 aliphatic carbocycles. The van der Waals surface area contributed by atoms with Crippen molar-refractivity contribution < 1.29 is 0 Å². The molecule has 2 aromatic rings. The molecule has 0 heterocycles. The summed E-state index contributed by atoms with van der Waals surface area (Å²) >= 11 is 17.8. The fourth-order valence-electron chi connectivity index (χ4n) is 1.41. The van der Waals surface area contributed by atoms with Crippen molar-refractivity contribution in [2.45, 2.75) is 0 Å². The van der Waals surface area contributed by atoms with E-state index in [0.717, 1.165) is 19.4 Å². The van der Waals surface area contributed by atoms with Crippen molar-refractivity contribution in [2.75, 3.05) is 11.1 Å². The SMILES string of the molecule is Nc1cc(I)ccc1Nc1ccc(Br)c(Cl)c1Cl. The van der Waals surface area contributed by atoms with Gasteiger partial charge in [-0.05, 0) is 68.9 Å². The predicted molar refractivity (Wildman–Crippen MR) is 91.0 cm³/mol. The smallest absolute Gasteiger partial charge is 0.0838 e. The van der Waals surface area contributed by atoms with Crippen molar-refractivity contribution >= 4 is 78.8 Å². The van der Waals surface area contributed by atoms with Crippen molar-refractivity contribution in [3.8, 4) is 0 Å². The highest BCUT2D eigenvalue weighted by molar-refractivity contribution is 14.1. The molecule has 2 aromatic carbocycles. The summed E-state index contributed by atoms with van der Waals surface area (Å²) in [6.07, 6.45) is 0. The molecule has 0 aromatic heterocycles. The number of nitrogen functional groups attached to an aromatic ring is 1. The van der Waals surface area contributed by atoms with E-state index in [1.54, 1.807) is 0 Å². The largest absolute Gasteiger partial charge is 0.397 e. The second-order valence-corrected chi connectivity index (χ2v) is 6.44. The number of anilines is 3. The van der Waals surface area contributed by atoms with Crippen molar-refractivity contribution in [2.24, 2.45) is 0 Å². The van der Waals surface area contributed by atoms with Gasteiger partial charge in [-0.2, -0.15) is 0 Å². The first-order valence-corrected chi connectivity index (χ1v) is 7.57. The molecule has 3 N–H and O–H groups in total. The minimum Gasteiger partial charge on any atom is -0.397 e. The van der Waals surface area contributed by atoms with E-state index in [-0.39, 0.29) is 0 Å². The maximum Gasteiger partial charge on any atom is 0.0838 e. The summed E-state index contributed by atoms with van der Waals surface area (Å²) in [7, 11) is 0. The summed E-state index contributed by atoms with van der Waals surface area (Å²) in [5.74, 6) is 0. The van der Waals surface area contributed by atoms with E-state index in [0.29, 0.717) is 15.7 Å². The van der Waals surface area contributed by atoms with Crippen LogP contribution in [0.5, 0.6) is 0 Å². The van der Waals surface area contributed by atoms with Gasteiger partial charge in [-0.15, -0.1) is 0 Å². The van der Waals surface area contributed by atoms with E-state index in [2.05, 4.69) is 43.8 Å². The standard InChI is InChI=1S/C12H8BrCl2IN2/c13-7-2-4-10(12(15)11(7)14)18-9-3-1-6(16)5-8(9)17/h1-5,18H,17H2. The topological polar surface area (TPSA) is 38.0 Å². The van der Waals surface area contributed by atoms with Crippen LogP contribution in [0.25, 0.3) is 0 Å². The average Bonchev–Trinajstić information content (AvgIpc) is 2.33. The number of hydrogen-bond acceptors (Lipinski definition) is 2. The van der Waals surface area contributed by atoms with Gasteiger partial charge in [-0.3, -0.25) is 0 Å². The second kappa shape index (κ2) is 5.86. The highest BCUT2D eigenvalue weighted by Gasteiger charge is 2.09. The van der Waals surface area contributed by atoms with Gasteiger partial charge in [0.15, 0.2) is 0 Å². The molecule has 0 saturated carbocycles. The van der Waals surface area contributed by atoms with E-state index < -0.39 is 0 Å². The predicted octanol–water partition coefficient (Wildman–Crippen LogP) is 5.69. The Balaban J connectivity index is 2.37. The summed E-state index contributed by atoms with van der Waals surface area (Å²) < 4.78 is 1.84. The zero-order chi connectivity index (χ0) is 13.3. The van der Waals surface area contributed by atoms with Gasteiger partial charge >= 0.3 is 0 Å². The van der Waals surface area contributed by atoms with Crippen LogP contribution in [0.1, 0.15) is 0 Å². The highest BCUT2D eigenvalue weighted by atomic mass is 127. The summed E-state index contributed by atoms with van der Waals surface area (Å²) in [4.78, 5) is 0. The lowest BCUT2D eigenvalue weighted by molar-refractivity contribution is 1.52. The second-order valence-electron chi connectivity index (χ2n) is 3.58. The first kappa shape index (κ1) is 14.2. The third-order valence-corrected chi connectivity index (χ3v) is 4.76. The Labute approximate surface area is 137 Å². The molecular formula is C12H8BrCl2IN2. The van der Waals surface area contributed by atoms with Gasteiger partial charge in [0.1, 0.15) is 0 Å². The Bertz CT molecular complexity index is 605. The van der Waals surface area contributed by atoms with Gasteiger partial charge < -0.3 is 11.1 Å². The lowest BCUT2D eigenvalue weighted by Gasteiger charge is -2.12. The molecule has 0 aliphatic rings. The molecule has 94 valence electrons. The fourth-order valence-corrected chi connectivity index (χ4v) is 2.75. The van der Waals surface area contributed by atoms with Crippen LogP contribution in [0.3, 0.4) is 0 Å². The lowest BCUT2D eigenvalue weighted by atomic mass is 10.2. The van der Waals surface area contributed by atoms with Gasteiger partial charge in [0.25, 0.3) is 0 Å². The Kier molecular flexibility index (Phi) is 4.64. The monoisotopic (exact) mass is 456 g/mol.